The van der Waals surface area contributed by atoms with Gasteiger partial charge >= 0.3 is 0 Å². The number of amides is 1. The maximum absolute atomic E-state index is 13.2. The highest BCUT2D eigenvalue weighted by molar-refractivity contribution is 7.89. The number of nitrogens with zero attached hydrogens (tertiary/aromatic N) is 4. The molecule has 178 valence electrons. The van der Waals surface area contributed by atoms with Crippen molar-refractivity contribution in [3.8, 4) is 11.3 Å². The molecule has 0 unspecified atom stereocenters. The molecule has 0 saturated carbocycles. The van der Waals surface area contributed by atoms with Gasteiger partial charge in [-0.1, -0.05) is 42.5 Å². The van der Waals surface area contributed by atoms with Crippen molar-refractivity contribution in [2.45, 2.75) is 11.8 Å². The van der Waals surface area contributed by atoms with Crippen molar-refractivity contribution in [1.82, 2.24) is 14.3 Å². The number of para-hydroxylation sites is 2. The second-order valence-electron chi connectivity index (χ2n) is 8.35. The van der Waals surface area contributed by atoms with Crippen LogP contribution in [0.2, 0.25) is 0 Å². The van der Waals surface area contributed by atoms with E-state index in [1.807, 2.05) is 54.6 Å². The third-order valence-electron chi connectivity index (χ3n) is 5.95. The Labute approximate surface area is 204 Å². The minimum atomic E-state index is -3.65. The third-order valence-corrected chi connectivity index (χ3v) is 7.86. The Bertz CT molecular complexity index is 1470. The first-order chi connectivity index (χ1) is 16.9. The topological polar surface area (TPSA) is 95.5 Å². The van der Waals surface area contributed by atoms with Crippen LogP contribution in [0.4, 0.5) is 11.5 Å². The van der Waals surface area contributed by atoms with Crippen molar-refractivity contribution in [3.05, 3.63) is 78.9 Å². The summed E-state index contributed by atoms with van der Waals surface area (Å²) in [5.74, 6) is 0.551. The van der Waals surface area contributed by atoms with Crippen LogP contribution in [0.15, 0.2) is 83.8 Å². The molecule has 1 aliphatic rings. The van der Waals surface area contributed by atoms with E-state index in [0.717, 1.165) is 28.1 Å². The third kappa shape index (κ3) is 4.73. The van der Waals surface area contributed by atoms with E-state index >= 15 is 0 Å². The van der Waals surface area contributed by atoms with Crippen molar-refractivity contribution in [2.75, 3.05) is 36.4 Å². The lowest BCUT2D eigenvalue weighted by Gasteiger charge is -2.35. The van der Waals surface area contributed by atoms with E-state index in [1.165, 1.54) is 23.4 Å². The molecule has 9 heteroatoms. The van der Waals surface area contributed by atoms with Gasteiger partial charge in [0.25, 0.3) is 0 Å². The molecule has 0 radical (unpaired) electrons. The van der Waals surface area contributed by atoms with Gasteiger partial charge in [0.15, 0.2) is 5.82 Å². The van der Waals surface area contributed by atoms with Crippen LogP contribution in [-0.2, 0) is 14.8 Å². The lowest BCUT2D eigenvalue weighted by atomic mass is 10.1. The predicted octanol–water partition coefficient (Wildman–Crippen LogP) is 3.77. The Morgan fingerprint density at radius 1 is 0.800 bits per heavy atom. The van der Waals surface area contributed by atoms with Gasteiger partial charge in [-0.05, 0) is 36.4 Å². The van der Waals surface area contributed by atoms with E-state index in [-0.39, 0.29) is 10.8 Å². The zero-order valence-electron chi connectivity index (χ0n) is 19.3. The molecule has 1 N–H and O–H groups in total. The van der Waals surface area contributed by atoms with E-state index in [4.69, 9.17) is 9.97 Å². The van der Waals surface area contributed by atoms with E-state index in [0.29, 0.717) is 31.9 Å². The summed E-state index contributed by atoms with van der Waals surface area (Å²) in [6, 6.07) is 23.9. The average Bonchev–Trinajstić information content (AvgIpc) is 2.88. The molecule has 35 heavy (non-hydrogen) atoms. The molecule has 1 amide bonds. The molecule has 5 rings (SSSR count). The summed E-state index contributed by atoms with van der Waals surface area (Å²) in [6.45, 7) is 3.07. The highest BCUT2D eigenvalue weighted by atomic mass is 32.2. The molecule has 0 bridgehead atoms. The number of sulfonamides is 1. The predicted molar refractivity (Wildman–Crippen MR) is 137 cm³/mol. The number of rotatable bonds is 5. The number of carbonyl (C=O) groups is 1. The van der Waals surface area contributed by atoms with E-state index in [9.17, 15) is 13.2 Å². The normalized spacial score (nSPS) is 14.7. The molecule has 3 aromatic carbocycles. The summed E-state index contributed by atoms with van der Waals surface area (Å²) >= 11 is 0. The SMILES string of the molecule is CC(=O)Nc1ccc(S(=O)(=O)N2CCN(c3nc4ccccc4nc3-c3ccccc3)CC2)cc1. The largest absolute Gasteiger partial charge is 0.352 e. The molecule has 1 fully saturated rings. The zero-order chi connectivity index (χ0) is 24.4. The van der Waals surface area contributed by atoms with Crippen LogP contribution in [0.5, 0.6) is 0 Å². The number of hydrogen-bond donors (Lipinski definition) is 1. The number of anilines is 2. The standard InChI is InChI=1S/C26H25N5O3S/c1-19(32)27-21-11-13-22(14-12-21)35(33,34)31-17-15-30(16-18-31)26-25(20-7-3-2-4-8-20)28-23-9-5-6-10-24(23)29-26/h2-14H,15-18H2,1H3,(H,27,32). The number of benzene rings is 3. The average molecular weight is 488 g/mol. The van der Waals surface area contributed by atoms with Crippen LogP contribution in [0.25, 0.3) is 22.3 Å². The second kappa shape index (κ2) is 9.44. The Hall–Kier alpha value is -3.82. The summed E-state index contributed by atoms with van der Waals surface area (Å²) < 4.78 is 27.9. The summed E-state index contributed by atoms with van der Waals surface area (Å²) in [4.78, 5) is 23.3. The molecule has 0 atom stereocenters. The number of nitrogens with one attached hydrogen (secondary N) is 1. The number of aromatic nitrogens is 2. The molecule has 1 aliphatic heterocycles. The highest BCUT2D eigenvalue weighted by Gasteiger charge is 2.30. The first-order valence-electron chi connectivity index (χ1n) is 11.4. The van der Waals surface area contributed by atoms with Gasteiger partial charge in [-0.25, -0.2) is 18.4 Å². The Kier molecular flexibility index (Phi) is 6.19. The molecular weight excluding hydrogens is 462 g/mol. The lowest BCUT2D eigenvalue weighted by molar-refractivity contribution is -0.114. The maximum Gasteiger partial charge on any atom is 0.243 e. The van der Waals surface area contributed by atoms with Crippen molar-refractivity contribution in [1.29, 1.82) is 0 Å². The van der Waals surface area contributed by atoms with Gasteiger partial charge in [-0.3, -0.25) is 4.79 Å². The van der Waals surface area contributed by atoms with Crippen LogP contribution in [0.1, 0.15) is 6.92 Å². The van der Waals surface area contributed by atoms with Crippen molar-refractivity contribution in [3.63, 3.8) is 0 Å². The maximum atomic E-state index is 13.2. The fourth-order valence-corrected chi connectivity index (χ4v) is 5.63. The van der Waals surface area contributed by atoms with Gasteiger partial charge in [0.05, 0.1) is 15.9 Å². The smallest absolute Gasteiger partial charge is 0.243 e. The minimum Gasteiger partial charge on any atom is -0.352 e. The van der Waals surface area contributed by atoms with Crippen LogP contribution < -0.4 is 10.2 Å². The number of fused-ring (bicyclic) bond motifs is 1. The van der Waals surface area contributed by atoms with Gasteiger partial charge in [-0.2, -0.15) is 4.31 Å². The molecule has 0 aliphatic carbocycles. The number of hydrogen-bond acceptors (Lipinski definition) is 6. The highest BCUT2D eigenvalue weighted by Crippen LogP contribution is 2.31. The van der Waals surface area contributed by atoms with Crippen molar-refractivity contribution in [2.24, 2.45) is 0 Å². The van der Waals surface area contributed by atoms with E-state index < -0.39 is 10.0 Å². The first kappa shape index (κ1) is 22.9. The number of carbonyl (C=O) groups excluding carboxylic acids is 1. The summed E-state index contributed by atoms with van der Waals surface area (Å²) in [7, 11) is -3.65. The number of piperazine rings is 1. The molecule has 1 aromatic heterocycles. The molecule has 4 aromatic rings. The van der Waals surface area contributed by atoms with Crippen molar-refractivity contribution < 1.29 is 13.2 Å². The first-order valence-corrected chi connectivity index (χ1v) is 12.8. The molecule has 1 saturated heterocycles. The van der Waals surface area contributed by atoms with Gasteiger partial charge < -0.3 is 10.2 Å². The van der Waals surface area contributed by atoms with Crippen LogP contribution >= 0.6 is 0 Å². The fourth-order valence-electron chi connectivity index (χ4n) is 4.20. The van der Waals surface area contributed by atoms with E-state index in [2.05, 4.69) is 10.2 Å². The van der Waals surface area contributed by atoms with Gasteiger partial charge in [0.1, 0.15) is 5.69 Å². The monoisotopic (exact) mass is 487 g/mol. The Morgan fingerprint density at radius 3 is 2.03 bits per heavy atom. The quantitative estimate of drug-likeness (QED) is 0.461. The van der Waals surface area contributed by atoms with Crippen LogP contribution in [-0.4, -0.2) is 54.8 Å². The zero-order valence-corrected chi connectivity index (χ0v) is 20.1. The lowest BCUT2D eigenvalue weighted by Crippen LogP contribution is -2.49. The molecule has 8 nitrogen and oxygen atoms in total. The Balaban J connectivity index is 1.39. The summed E-state index contributed by atoms with van der Waals surface area (Å²) in [5, 5.41) is 2.65. The van der Waals surface area contributed by atoms with Gasteiger partial charge in [-0.15, -0.1) is 0 Å². The second-order valence-corrected chi connectivity index (χ2v) is 10.3. The molecular formula is C26H25N5O3S. The van der Waals surface area contributed by atoms with Crippen LogP contribution in [0.3, 0.4) is 0 Å². The molecule has 2 heterocycles. The summed E-state index contributed by atoms with van der Waals surface area (Å²) in [5.41, 5.74) is 3.93. The van der Waals surface area contributed by atoms with Gasteiger partial charge in [0.2, 0.25) is 15.9 Å². The minimum absolute atomic E-state index is 0.204. The Morgan fingerprint density at radius 2 is 1.40 bits per heavy atom. The van der Waals surface area contributed by atoms with E-state index in [1.54, 1.807) is 12.1 Å². The van der Waals surface area contributed by atoms with Crippen LogP contribution in [0, 0.1) is 0 Å². The van der Waals surface area contributed by atoms with Crippen molar-refractivity contribution >= 4 is 38.5 Å². The van der Waals surface area contributed by atoms with Gasteiger partial charge in [0, 0.05) is 44.4 Å². The summed E-state index contributed by atoms with van der Waals surface area (Å²) in [6.07, 6.45) is 0. The molecule has 0 spiro atoms. The fraction of sp³-hybridized carbons (Fsp3) is 0.192.